The van der Waals surface area contributed by atoms with Crippen molar-refractivity contribution in [3.63, 3.8) is 0 Å². The number of nitrogens with zero attached hydrogens (tertiary/aromatic N) is 2. The highest BCUT2D eigenvalue weighted by molar-refractivity contribution is 5.82. The molecule has 5 heteroatoms. The van der Waals surface area contributed by atoms with Crippen molar-refractivity contribution in [3.8, 4) is 0 Å². The quantitative estimate of drug-likeness (QED) is 0.822. The van der Waals surface area contributed by atoms with E-state index < -0.39 is 0 Å². The van der Waals surface area contributed by atoms with Gasteiger partial charge in [0.25, 0.3) is 0 Å². The number of carbonyl (C=O) groups excluding carboxylic acids is 1. The Labute approximate surface area is 94.8 Å². The first-order valence-corrected chi connectivity index (χ1v) is 5.65. The first-order chi connectivity index (χ1) is 7.81. The van der Waals surface area contributed by atoms with Gasteiger partial charge in [0.05, 0.1) is 18.8 Å². The van der Waals surface area contributed by atoms with Gasteiger partial charge in [-0.1, -0.05) is 0 Å². The fourth-order valence-corrected chi connectivity index (χ4v) is 2.02. The maximum atomic E-state index is 12.1. The molecule has 0 spiro atoms. The van der Waals surface area contributed by atoms with Crippen LogP contribution in [0.25, 0.3) is 0 Å². The molecule has 1 saturated heterocycles. The average Bonchev–Trinajstić information content (AvgIpc) is 2.73. The molecule has 1 aliphatic rings. The molecule has 0 aromatic carbocycles. The number of likely N-dealkylation sites (N-methyl/N-ethyl adjacent to an activating group) is 1. The Morgan fingerprint density at radius 2 is 2.50 bits per heavy atom. The lowest BCUT2D eigenvalue weighted by molar-refractivity contribution is -0.133. The van der Waals surface area contributed by atoms with E-state index in [1.165, 1.54) is 6.26 Å². The molecule has 5 nitrogen and oxygen atoms in total. The largest absolute Gasteiger partial charge is 0.447 e. The molecule has 1 unspecified atom stereocenters. The van der Waals surface area contributed by atoms with Crippen LogP contribution in [0.15, 0.2) is 16.9 Å². The summed E-state index contributed by atoms with van der Waals surface area (Å²) in [7, 11) is 1.83. The SMILES string of the molecule is CNC1CCCCN(Cc2ncco2)C1=O. The average molecular weight is 223 g/mol. The maximum absolute atomic E-state index is 12.1. The molecule has 2 heterocycles. The minimum absolute atomic E-state index is 0.0579. The van der Waals surface area contributed by atoms with Crippen molar-refractivity contribution >= 4 is 5.91 Å². The molecule has 88 valence electrons. The summed E-state index contributed by atoms with van der Waals surface area (Å²) in [4.78, 5) is 18.0. The Bertz CT molecular complexity index is 337. The molecule has 0 radical (unpaired) electrons. The summed E-state index contributed by atoms with van der Waals surface area (Å²) >= 11 is 0. The molecular weight excluding hydrogens is 206 g/mol. The van der Waals surface area contributed by atoms with Crippen LogP contribution in [0.3, 0.4) is 0 Å². The second-order valence-corrected chi connectivity index (χ2v) is 4.02. The second-order valence-electron chi connectivity index (χ2n) is 4.02. The summed E-state index contributed by atoms with van der Waals surface area (Å²) in [5.74, 6) is 0.753. The number of amides is 1. The lowest BCUT2D eigenvalue weighted by Gasteiger charge is -2.22. The van der Waals surface area contributed by atoms with Crippen LogP contribution in [0.4, 0.5) is 0 Å². The van der Waals surface area contributed by atoms with Crippen molar-refractivity contribution in [1.82, 2.24) is 15.2 Å². The van der Waals surface area contributed by atoms with Crippen molar-refractivity contribution in [1.29, 1.82) is 0 Å². The number of nitrogens with one attached hydrogen (secondary N) is 1. The number of hydrogen-bond acceptors (Lipinski definition) is 4. The van der Waals surface area contributed by atoms with Gasteiger partial charge >= 0.3 is 0 Å². The highest BCUT2D eigenvalue weighted by atomic mass is 16.3. The molecule has 0 bridgehead atoms. The summed E-state index contributed by atoms with van der Waals surface area (Å²) in [6.07, 6.45) is 6.18. The molecule has 1 aromatic rings. The molecule has 1 amide bonds. The fraction of sp³-hybridized carbons (Fsp3) is 0.636. The van der Waals surface area contributed by atoms with E-state index in [0.717, 1.165) is 25.8 Å². The summed E-state index contributed by atoms with van der Waals surface area (Å²) < 4.78 is 5.17. The summed E-state index contributed by atoms with van der Waals surface area (Å²) in [6.45, 7) is 1.27. The Morgan fingerprint density at radius 1 is 1.62 bits per heavy atom. The summed E-state index contributed by atoms with van der Waals surface area (Å²) in [6, 6.07) is -0.0579. The predicted octanol–water partition coefficient (Wildman–Crippen LogP) is 0.775. The van der Waals surface area contributed by atoms with Gasteiger partial charge in [-0.2, -0.15) is 0 Å². The van der Waals surface area contributed by atoms with Crippen molar-refractivity contribution in [2.24, 2.45) is 0 Å². The topological polar surface area (TPSA) is 58.4 Å². The summed E-state index contributed by atoms with van der Waals surface area (Å²) in [5, 5.41) is 3.06. The normalized spacial score (nSPS) is 22.2. The maximum Gasteiger partial charge on any atom is 0.240 e. The van der Waals surface area contributed by atoms with Gasteiger partial charge in [-0.15, -0.1) is 0 Å². The van der Waals surface area contributed by atoms with Gasteiger partial charge < -0.3 is 14.6 Å². The van der Waals surface area contributed by atoms with Crippen LogP contribution < -0.4 is 5.32 Å². The van der Waals surface area contributed by atoms with E-state index in [9.17, 15) is 4.79 Å². The third-order valence-corrected chi connectivity index (χ3v) is 2.94. The zero-order valence-electron chi connectivity index (χ0n) is 9.48. The van der Waals surface area contributed by atoms with Crippen LogP contribution >= 0.6 is 0 Å². The van der Waals surface area contributed by atoms with E-state index in [1.54, 1.807) is 6.20 Å². The zero-order chi connectivity index (χ0) is 11.4. The monoisotopic (exact) mass is 223 g/mol. The standard InChI is InChI=1S/C11H17N3O2/c1-12-9-4-2-3-6-14(11(9)15)8-10-13-5-7-16-10/h5,7,9,12H,2-4,6,8H2,1H3. The van der Waals surface area contributed by atoms with Crippen molar-refractivity contribution in [2.45, 2.75) is 31.8 Å². The first kappa shape index (κ1) is 11.1. The highest BCUT2D eigenvalue weighted by Gasteiger charge is 2.26. The van der Waals surface area contributed by atoms with Gasteiger partial charge in [-0.05, 0) is 26.3 Å². The second kappa shape index (κ2) is 5.12. The predicted molar refractivity (Wildman–Crippen MR) is 58.6 cm³/mol. The van der Waals surface area contributed by atoms with E-state index in [4.69, 9.17) is 4.42 Å². The van der Waals surface area contributed by atoms with Gasteiger partial charge in [0.15, 0.2) is 0 Å². The van der Waals surface area contributed by atoms with Gasteiger partial charge in [-0.25, -0.2) is 4.98 Å². The van der Waals surface area contributed by atoms with Crippen molar-refractivity contribution < 1.29 is 9.21 Å². The number of hydrogen-bond donors (Lipinski definition) is 1. The third-order valence-electron chi connectivity index (χ3n) is 2.94. The third kappa shape index (κ3) is 2.41. The molecule has 1 fully saturated rings. The van der Waals surface area contributed by atoms with Crippen LogP contribution in [0.1, 0.15) is 25.2 Å². The molecule has 1 atom stereocenters. The van der Waals surface area contributed by atoms with Crippen molar-refractivity contribution in [2.75, 3.05) is 13.6 Å². The molecule has 16 heavy (non-hydrogen) atoms. The van der Waals surface area contributed by atoms with Crippen LogP contribution in [-0.2, 0) is 11.3 Å². The first-order valence-electron chi connectivity index (χ1n) is 5.65. The van der Waals surface area contributed by atoms with E-state index in [0.29, 0.717) is 12.4 Å². The fourth-order valence-electron chi connectivity index (χ4n) is 2.02. The van der Waals surface area contributed by atoms with E-state index >= 15 is 0 Å². The Balaban J connectivity index is 2.04. The van der Waals surface area contributed by atoms with E-state index in [2.05, 4.69) is 10.3 Å². The van der Waals surface area contributed by atoms with Gasteiger partial charge in [0.2, 0.25) is 11.8 Å². The smallest absolute Gasteiger partial charge is 0.240 e. The minimum Gasteiger partial charge on any atom is -0.447 e. The number of aromatic nitrogens is 1. The zero-order valence-corrected chi connectivity index (χ0v) is 9.48. The van der Waals surface area contributed by atoms with Crippen molar-refractivity contribution in [3.05, 3.63) is 18.4 Å². The number of rotatable bonds is 3. The van der Waals surface area contributed by atoms with Gasteiger partial charge in [0.1, 0.15) is 6.26 Å². The Kier molecular flexibility index (Phi) is 3.56. The van der Waals surface area contributed by atoms with E-state index in [-0.39, 0.29) is 11.9 Å². The van der Waals surface area contributed by atoms with Gasteiger partial charge in [0, 0.05) is 6.54 Å². The molecule has 0 saturated carbocycles. The van der Waals surface area contributed by atoms with Crippen LogP contribution in [0.5, 0.6) is 0 Å². The highest BCUT2D eigenvalue weighted by Crippen LogP contribution is 2.14. The van der Waals surface area contributed by atoms with Crippen LogP contribution in [0.2, 0.25) is 0 Å². The summed E-state index contributed by atoms with van der Waals surface area (Å²) in [5.41, 5.74) is 0. The minimum atomic E-state index is -0.0579. The molecular formula is C11H17N3O2. The number of likely N-dealkylation sites (tertiary alicyclic amines) is 1. The molecule has 1 N–H and O–H groups in total. The lowest BCUT2D eigenvalue weighted by atomic mass is 10.1. The molecule has 1 aliphatic heterocycles. The molecule has 0 aliphatic carbocycles. The van der Waals surface area contributed by atoms with Crippen LogP contribution in [0, 0.1) is 0 Å². The van der Waals surface area contributed by atoms with Gasteiger partial charge in [-0.3, -0.25) is 4.79 Å². The molecule has 1 aromatic heterocycles. The number of oxazole rings is 1. The number of carbonyl (C=O) groups is 1. The Hall–Kier alpha value is -1.36. The van der Waals surface area contributed by atoms with Crippen LogP contribution in [-0.4, -0.2) is 35.4 Å². The molecule has 2 rings (SSSR count). The Morgan fingerprint density at radius 3 is 3.19 bits per heavy atom. The van der Waals surface area contributed by atoms with E-state index in [1.807, 2.05) is 11.9 Å². The lowest BCUT2D eigenvalue weighted by Crippen LogP contribution is -2.43.